The van der Waals surface area contributed by atoms with Crippen molar-refractivity contribution in [2.24, 2.45) is 0 Å². The highest BCUT2D eigenvalue weighted by atomic mass is 16.2. The van der Waals surface area contributed by atoms with Crippen LogP contribution in [0.1, 0.15) is 20.3 Å². The van der Waals surface area contributed by atoms with E-state index in [1.807, 2.05) is 49.1 Å². The zero-order valence-corrected chi connectivity index (χ0v) is 10.7. The number of hydrogen-bond donors (Lipinski definition) is 1. The van der Waals surface area contributed by atoms with E-state index in [-0.39, 0.29) is 17.9 Å². The second-order valence-corrected chi connectivity index (χ2v) is 5.21. The van der Waals surface area contributed by atoms with Crippen LogP contribution in [0.25, 0.3) is 0 Å². The van der Waals surface area contributed by atoms with Gasteiger partial charge in [-0.1, -0.05) is 18.2 Å². The van der Waals surface area contributed by atoms with Gasteiger partial charge in [-0.3, -0.25) is 4.79 Å². The van der Waals surface area contributed by atoms with E-state index < -0.39 is 6.04 Å². The number of rotatable bonds is 2. The van der Waals surface area contributed by atoms with Crippen LogP contribution in [0.3, 0.4) is 0 Å². The summed E-state index contributed by atoms with van der Waals surface area (Å²) >= 11 is 0. The summed E-state index contributed by atoms with van der Waals surface area (Å²) in [7, 11) is 0. The van der Waals surface area contributed by atoms with Crippen molar-refractivity contribution in [2.75, 3.05) is 11.4 Å². The van der Waals surface area contributed by atoms with Gasteiger partial charge in [0, 0.05) is 12.2 Å². The van der Waals surface area contributed by atoms with Crippen LogP contribution >= 0.6 is 0 Å². The van der Waals surface area contributed by atoms with Gasteiger partial charge in [-0.2, -0.15) is 5.26 Å². The van der Waals surface area contributed by atoms with Gasteiger partial charge in [-0.25, -0.2) is 0 Å². The number of nitrogens with zero attached hydrogens (tertiary/aromatic N) is 2. The van der Waals surface area contributed by atoms with E-state index in [2.05, 4.69) is 11.4 Å². The molecule has 1 aromatic carbocycles. The highest BCUT2D eigenvalue weighted by Crippen LogP contribution is 2.25. The molecule has 1 aliphatic heterocycles. The molecule has 0 spiro atoms. The zero-order valence-electron chi connectivity index (χ0n) is 10.7. The molecule has 1 aliphatic rings. The summed E-state index contributed by atoms with van der Waals surface area (Å²) < 4.78 is 0. The minimum atomic E-state index is -0.398. The highest BCUT2D eigenvalue weighted by molar-refractivity contribution is 5.87. The summed E-state index contributed by atoms with van der Waals surface area (Å²) in [5, 5.41) is 11.8. The lowest BCUT2D eigenvalue weighted by Crippen LogP contribution is -2.64. The Hall–Kier alpha value is -2.02. The Morgan fingerprint density at radius 1 is 1.44 bits per heavy atom. The maximum atomic E-state index is 12.1. The lowest BCUT2D eigenvalue weighted by atomic mass is 9.96. The third-order valence-corrected chi connectivity index (χ3v) is 3.08. The molecule has 0 aliphatic carbocycles. The van der Waals surface area contributed by atoms with Gasteiger partial charge >= 0.3 is 0 Å². The molecule has 1 unspecified atom stereocenters. The monoisotopic (exact) mass is 243 g/mol. The lowest BCUT2D eigenvalue weighted by Gasteiger charge is -2.44. The van der Waals surface area contributed by atoms with Crippen LogP contribution in [-0.4, -0.2) is 24.0 Å². The van der Waals surface area contributed by atoms with Crippen molar-refractivity contribution >= 4 is 11.6 Å². The van der Waals surface area contributed by atoms with E-state index in [1.54, 1.807) is 0 Å². The van der Waals surface area contributed by atoms with E-state index in [1.165, 1.54) is 0 Å². The SMILES string of the molecule is CC1(C)CN(c2ccccc2)C(CC#N)C(=O)N1. The Bertz CT molecular complexity index is 476. The number of piperazine rings is 1. The molecule has 18 heavy (non-hydrogen) atoms. The number of anilines is 1. The summed E-state index contributed by atoms with van der Waals surface area (Å²) in [4.78, 5) is 14.1. The molecule has 0 saturated carbocycles. The van der Waals surface area contributed by atoms with Gasteiger partial charge in [0.25, 0.3) is 0 Å². The molecule has 1 saturated heterocycles. The van der Waals surface area contributed by atoms with Crippen molar-refractivity contribution in [2.45, 2.75) is 31.8 Å². The van der Waals surface area contributed by atoms with Gasteiger partial charge in [0.15, 0.2) is 0 Å². The molecule has 0 bridgehead atoms. The van der Waals surface area contributed by atoms with Crippen LogP contribution in [0.5, 0.6) is 0 Å². The first-order chi connectivity index (χ1) is 8.53. The molecule has 1 heterocycles. The molecular formula is C14H17N3O. The molecule has 1 fully saturated rings. The van der Waals surface area contributed by atoms with Crippen LogP contribution in [0, 0.1) is 11.3 Å². The predicted octanol–water partition coefficient (Wildman–Crippen LogP) is 1.68. The molecule has 1 aromatic rings. The molecule has 4 heteroatoms. The van der Waals surface area contributed by atoms with Crippen molar-refractivity contribution in [3.63, 3.8) is 0 Å². The fraction of sp³-hybridized carbons (Fsp3) is 0.429. The maximum absolute atomic E-state index is 12.1. The van der Waals surface area contributed by atoms with Crippen LogP contribution in [0.15, 0.2) is 30.3 Å². The number of para-hydroxylation sites is 1. The third kappa shape index (κ3) is 2.45. The smallest absolute Gasteiger partial charge is 0.244 e. The second kappa shape index (κ2) is 4.69. The molecule has 0 radical (unpaired) electrons. The normalized spacial score (nSPS) is 22.2. The number of carbonyl (C=O) groups excluding carboxylic acids is 1. The number of carbonyl (C=O) groups is 1. The van der Waals surface area contributed by atoms with E-state index in [0.717, 1.165) is 5.69 Å². The van der Waals surface area contributed by atoms with Crippen molar-refractivity contribution in [1.29, 1.82) is 5.26 Å². The van der Waals surface area contributed by atoms with Crippen molar-refractivity contribution in [3.8, 4) is 6.07 Å². The van der Waals surface area contributed by atoms with Crippen molar-refractivity contribution in [1.82, 2.24) is 5.32 Å². The van der Waals surface area contributed by atoms with Crippen LogP contribution in [0.2, 0.25) is 0 Å². The van der Waals surface area contributed by atoms with Crippen LogP contribution < -0.4 is 10.2 Å². The summed E-state index contributed by atoms with van der Waals surface area (Å²) in [6.07, 6.45) is 0.205. The highest BCUT2D eigenvalue weighted by Gasteiger charge is 2.38. The molecule has 2 rings (SSSR count). The Kier molecular flexibility index (Phi) is 3.24. The average molecular weight is 243 g/mol. The minimum Gasteiger partial charge on any atom is -0.356 e. The number of benzene rings is 1. The number of nitrogens with one attached hydrogen (secondary N) is 1. The summed E-state index contributed by atoms with van der Waals surface area (Å²) in [5.74, 6) is -0.0725. The minimum absolute atomic E-state index is 0.0725. The van der Waals surface area contributed by atoms with Crippen LogP contribution in [0.4, 0.5) is 5.69 Å². The first-order valence-corrected chi connectivity index (χ1v) is 6.04. The quantitative estimate of drug-likeness (QED) is 0.859. The van der Waals surface area contributed by atoms with Gasteiger partial charge in [0.1, 0.15) is 6.04 Å². The first kappa shape index (κ1) is 12.4. The van der Waals surface area contributed by atoms with Gasteiger partial charge in [-0.05, 0) is 26.0 Å². The molecule has 0 aromatic heterocycles. The van der Waals surface area contributed by atoms with Crippen molar-refractivity contribution in [3.05, 3.63) is 30.3 Å². The largest absolute Gasteiger partial charge is 0.356 e. The average Bonchev–Trinajstić information content (AvgIpc) is 2.33. The number of nitriles is 1. The van der Waals surface area contributed by atoms with E-state index >= 15 is 0 Å². The zero-order chi connectivity index (χ0) is 13.2. The number of amides is 1. The fourth-order valence-electron chi connectivity index (χ4n) is 2.31. The topological polar surface area (TPSA) is 56.1 Å². The molecule has 1 N–H and O–H groups in total. The van der Waals surface area contributed by atoms with E-state index in [4.69, 9.17) is 5.26 Å². The van der Waals surface area contributed by atoms with Crippen LogP contribution in [-0.2, 0) is 4.79 Å². The fourth-order valence-corrected chi connectivity index (χ4v) is 2.31. The molecule has 94 valence electrons. The summed E-state index contributed by atoms with van der Waals surface area (Å²) in [5.41, 5.74) is 0.708. The Morgan fingerprint density at radius 3 is 2.72 bits per heavy atom. The first-order valence-electron chi connectivity index (χ1n) is 6.04. The molecule has 4 nitrogen and oxygen atoms in total. The maximum Gasteiger partial charge on any atom is 0.244 e. The molecule has 1 atom stereocenters. The van der Waals surface area contributed by atoms with Gasteiger partial charge < -0.3 is 10.2 Å². The molecule has 1 amide bonds. The standard InChI is InChI=1S/C14H17N3O/c1-14(2)10-17(11-6-4-3-5-7-11)12(8-9-15)13(18)16-14/h3-7,12H,8,10H2,1-2H3,(H,16,18). The second-order valence-electron chi connectivity index (χ2n) is 5.21. The van der Waals surface area contributed by atoms with E-state index in [9.17, 15) is 4.79 Å². The Balaban J connectivity index is 2.33. The third-order valence-electron chi connectivity index (χ3n) is 3.08. The van der Waals surface area contributed by atoms with Gasteiger partial charge in [0.05, 0.1) is 18.0 Å². The Labute approximate surface area is 107 Å². The van der Waals surface area contributed by atoms with Crippen molar-refractivity contribution < 1.29 is 4.79 Å². The predicted molar refractivity (Wildman–Crippen MR) is 70.0 cm³/mol. The summed E-state index contributed by atoms with van der Waals surface area (Å²) in [6, 6.07) is 11.5. The van der Waals surface area contributed by atoms with Gasteiger partial charge in [0.2, 0.25) is 5.91 Å². The Morgan fingerprint density at radius 2 is 2.11 bits per heavy atom. The number of hydrogen-bond acceptors (Lipinski definition) is 3. The lowest BCUT2D eigenvalue weighted by molar-refractivity contribution is -0.125. The van der Waals surface area contributed by atoms with E-state index in [0.29, 0.717) is 6.54 Å². The summed E-state index contributed by atoms with van der Waals surface area (Å²) in [6.45, 7) is 4.68. The molecular weight excluding hydrogens is 226 g/mol. The van der Waals surface area contributed by atoms with Gasteiger partial charge in [-0.15, -0.1) is 0 Å².